The van der Waals surface area contributed by atoms with Crippen LogP contribution < -0.4 is 0 Å². The van der Waals surface area contributed by atoms with Crippen LogP contribution in [0, 0.1) is 19.7 Å². The Hall–Kier alpha value is -2.25. The Morgan fingerprint density at radius 1 is 1.27 bits per heavy atom. The second-order valence-electron chi connectivity index (χ2n) is 4.61. The van der Waals surface area contributed by atoms with Crippen LogP contribution in [-0.2, 0) is 10.9 Å². The van der Waals surface area contributed by atoms with Crippen molar-refractivity contribution in [3.63, 3.8) is 0 Å². The lowest BCUT2D eigenvalue weighted by Crippen LogP contribution is -2.18. The summed E-state index contributed by atoms with van der Waals surface area (Å²) in [5.41, 5.74) is -2.40. The molecule has 2 rings (SSSR count). The van der Waals surface area contributed by atoms with Gasteiger partial charge in [-0.15, -0.1) is 0 Å². The highest BCUT2D eigenvalue weighted by Crippen LogP contribution is 2.33. The Morgan fingerprint density at radius 3 is 2.45 bits per heavy atom. The zero-order chi connectivity index (χ0) is 16.7. The molecule has 0 spiro atoms. The number of nitrogens with zero attached hydrogens (tertiary/aromatic N) is 2. The minimum Gasteiger partial charge on any atom is -0.462 e. The molecule has 0 aliphatic heterocycles. The maximum atomic E-state index is 13.8. The molecule has 0 radical (unpaired) electrons. The van der Waals surface area contributed by atoms with Crippen molar-refractivity contribution >= 4 is 17.0 Å². The molecular formula is C14H12F4N2O2. The fraction of sp³-hybridized carbons (Fsp3) is 0.357. The smallest absolute Gasteiger partial charge is 0.434 e. The van der Waals surface area contributed by atoms with Gasteiger partial charge in [-0.05, 0) is 32.4 Å². The summed E-state index contributed by atoms with van der Waals surface area (Å²) in [5.74, 6) is -1.81. The number of halogens is 4. The van der Waals surface area contributed by atoms with E-state index in [-0.39, 0.29) is 28.9 Å². The molecule has 0 bridgehead atoms. The quantitative estimate of drug-likeness (QED) is 0.628. The number of ether oxygens (including phenoxy) is 1. The van der Waals surface area contributed by atoms with Gasteiger partial charge in [0.25, 0.3) is 0 Å². The van der Waals surface area contributed by atoms with Crippen molar-refractivity contribution in [3.05, 3.63) is 34.4 Å². The van der Waals surface area contributed by atoms with Crippen LogP contribution in [0.1, 0.15) is 34.2 Å². The average molecular weight is 316 g/mol. The standard InChI is InChI=1S/C14H12F4N2O2/c1-4-22-13(21)9-5-8-6(2)10(15)7(3)19-12(8)20-11(9)14(16,17)18/h5H,4H2,1-3H3. The van der Waals surface area contributed by atoms with Crippen LogP contribution in [0.3, 0.4) is 0 Å². The SMILES string of the molecule is CCOC(=O)c1cc2c(C)c(F)c(C)nc2nc1C(F)(F)F. The molecule has 2 aromatic heterocycles. The number of fused-ring (bicyclic) bond motifs is 1. The Kier molecular flexibility index (Phi) is 4.04. The summed E-state index contributed by atoms with van der Waals surface area (Å²) in [6.07, 6.45) is -4.85. The molecule has 0 fully saturated rings. The monoisotopic (exact) mass is 316 g/mol. The van der Waals surface area contributed by atoms with Crippen molar-refractivity contribution < 1.29 is 27.1 Å². The number of aryl methyl sites for hydroxylation is 2. The predicted octanol–water partition coefficient (Wildman–Crippen LogP) is 3.58. The van der Waals surface area contributed by atoms with Gasteiger partial charge >= 0.3 is 12.1 Å². The molecule has 0 N–H and O–H groups in total. The second-order valence-corrected chi connectivity index (χ2v) is 4.61. The van der Waals surface area contributed by atoms with Gasteiger partial charge in [-0.2, -0.15) is 13.2 Å². The third-order valence-electron chi connectivity index (χ3n) is 3.09. The summed E-state index contributed by atoms with van der Waals surface area (Å²) >= 11 is 0. The molecule has 0 aromatic carbocycles. The highest BCUT2D eigenvalue weighted by atomic mass is 19.4. The molecule has 0 saturated heterocycles. The highest BCUT2D eigenvalue weighted by molar-refractivity contribution is 5.95. The molecule has 8 heteroatoms. The number of alkyl halides is 3. The zero-order valence-corrected chi connectivity index (χ0v) is 12.0. The van der Waals surface area contributed by atoms with Crippen molar-refractivity contribution in [1.82, 2.24) is 9.97 Å². The lowest BCUT2D eigenvalue weighted by Gasteiger charge is -2.13. The van der Waals surface area contributed by atoms with Crippen LogP contribution in [-0.4, -0.2) is 22.5 Å². The molecule has 22 heavy (non-hydrogen) atoms. The second kappa shape index (κ2) is 5.51. The van der Waals surface area contributed by atoms with Crippen molar-refractivity contribution in [2.45, 2.75) is 26.9 Å². The van der Waals surface area contributed by atoms with Crippen LogP contribution >= 0.6 is 0 Å². The molecular weight excluding hydrogens is 304 g/mol. The van der Waals surface area contributed by atoms with E-state index >= 15 is 0 Å². The minimum absolute atomic E-state index is 0.0409. The molecule has 4 nitrogen and oxygen atoms in total. The van der Waals surface area contributed by atoms with E-state index in [1.165, 1.54) is 20.8 Å². The fourth-order valence-corrected chi connectivity index (χ4v) is 2.04. The van der Waals surface area contributed by atoms with Gasteiger partial charge in [0.05, 0.1) is 17.9 Å². The molecule has 0 aliphatic rings. The van der Waals surface area contributed by atoms with Crippen molar-refractivity contribution in [3.8, 4) is 0 Å². The Morgan fingerprint density at radius 2 is 1.91 bits per heavy atom. The van der Waals surface area contributed by atoms with E-state index in [0.29, 0.717) is 0 Å². The van der Waals surface area contributed by atoms with E-state index < -0.39 is 29.2 Å². The topological polar surface area (TPSA) is 52.1 Å². The van der Waals surface area contributed by atoms with Gasteiger partial charge in [0.15, 0.2) is 11.3 Å². The van der Waals surface area contributed by atoms with Crippen LogP contribution in [0.4, 0.5) is 17.6 Å². The first-order valence-electron chi connectivity index (χ1n) is 6.38. The summed E-state index contributed by atoms with van der Waals surface area (Å²) in [7, 11) is 0. The van der Waals surface area contributed by atoms with Crippen molar-refractivity contribution in [2.24, 2.45) is 0 Å². The fourth-order valence-electron chi connectivity index (χ4n) is 2.04. The average Bonchev–Trinajstić information content (AvgIpc) is 2.43. The Balaban J connectivity index is 2.83. The van der Waals surface area contributed by atoms with E-state index in [1.54, 1.807) is 0 Å². The van der Waals surface area contributed by atoms with E-state index in [4.69, 9.17) is 0 Å². The number of carbonyl (C=O) groups excluding carboxylic acids is 1. The van der Waals surface area contributed by atoms with Crippen molar-refractivity contribution in [2.75, 3.05) is 6.61 Å². The molecule has 0 atom stereocenters. The number of hydrogen-bond acceptors (Lipinski definition) is 4. The number of esters is 1. The van der Waals surface area contributed by atoms with Gasteiger partial charge in [-0.25, -0.2) is 19.2 Å². The van der Waals surface area contributed by atoms with Gasteiger partial charge in [-0.1, -0.05) is 0 Å². The summed E-state index contributed by atoms with van der Waals surface area (Å²) in [6.45, 7) is 4.09. The zero-order valence-electron chi connectivity index (χ0n) is 12.0. The van der Waals surface area contributed by atoms with E-state index in [2.05, 4.69) is 14.7 Å². The van der Waals surface area contributed by atoms with Gasteiger partial charge in [0.2, 0.25) is 0 Å². The predicted molar refractivity (Wildman–Crippen MR) is 69.9 cm³/mol. The minimum atomic E-state index is -4.85. The third-order valence-corrected chi connectivity index (χ3v) is 3.09. The molecule has 0 amide bonds. The number of pyridine rings is 2. The first-order valence-corrected chi connectivity index (χ1v) is 6.38. The Bertz CT molecular complexity index is 757. The number of rotatable bonds is 2. The molecule has 2 aromatic rings. The van der Waals surface area contributed by atoms with Gasteiger partial charge in [0.1, 0.15) is 5.82 Å². The number of aromatic nitrogens is 2. The third kappa shape index (κ3) is 2.72. The number of hydrogen-bond donors (Lipinski definition) is 0. The van der Waals surface area contributed by atoms with Gasteiger partial charge in [0, 0.05) is 5.39 Å². The molecule has 118 valence electrons. The van der Waals surface area contributed by atoms with Gasteiger partial charge in [-0.3, -0.25) is 0 Å². The van der Waals surface area contributed by atoms with E-state index in [9.17, 15) is 22.4 Å². The van der Waals surface area contributed by atoms with Crippen LogP contribution in [0.5, 0.6) is 0 Å². The lowest BCUT2D eigenvalue weighted by molar-refractivity contribution is -0.141. The summed E-state index contributed by atoms with van der Waals surface area (Å²) in [5, 5.41) is 0.0409. The summed E-state index contributed by atoms with van der Waals surface area (Å²) in [4.78, 5) is 18.9. The first-order chi connectivity index (χ1) is 10.2. The maximum Gasteiger partial charge on any atom is 0.434 e. The van der Waals surface area contributed by atoms with Crippen LogP contribution in [0.2, 0.25) is 0 Å². The molecule has 0 saturated carbocycles. The first kappa shape index (κ1) is 16.1. The molecule has 0 unspecified atom stereocenters. The summed E-state index contributed by atoms with van der Waals surface area (Å²) < 4.78 is 57.7. The van der Waals surface area contributed by atoms with Crippen LogP contribution in [0.15, 0.2) is 6.07 Å². The van der Waals surface area contributed by atoms with E-state index in [1.807, 2.05) is 0 Å². The molecule has 0 aliphatic carbocycles. The van der Waals surface area contributed by atoms with Gasteiger partial charge < -0.3 is 4.74 Å². The largest absolute Gasteiger partial charge is 0.462 e. The normalized spacial score (nSPS) is 11.8. The van der Waals surface area contributed by atoms with E-state index in [0.717, 1.165) is 6.07 Å². The maximum absolute atomic E-state index is 13.8. The Labute approximate surface area is 123 Å². The van der Waals surface area contributed by atoms with Crippen molar-refractivity contribution in [1.29, 1.82) is 0 Å². The lowest BCUT2D eigenvalue weighted by atomic mass is 10.1. The number of carbonyl (C=O) groups is 1. The van der Waals surface area contributed by atoms with Crippen LogP contribution in [0.25, 0.3) is 11.0 Å². The highest BCUT2D eigenvalue weighted by Gasteiger charge is 2.38. The molecule has 2 heterocycles. The summed E-state index contributed by atoms with van der Waals surface area (Å²) in [6, 6.07) is 0.925.